The van der Waals surface area contributed by atoms with Gasteiger partial charge in [-0.3, -0.25) is 4.79 Å². The Morgan fingerprint density at radius 2 is 1.89 bits per heavy atom. The Morgan fingerprint density at radius 1 is 1.21 bits per heavy atom. The fraction of sp³-hybridized carbons (Fsp3) is 0.312. The van der Waals surface area contributed by atoms with Crippen molar-refractivity contribution in [2.24, 2.45) is 11.1 Å². The third-order valence-corrected chi connectivity index (χ3v) is 3.82. The summed E-state index contributed by atoms with van der Waals surface area (Å²) in [6.07, 6.45) is 0.722. The average Bonchev–Trinajstić information content (AvgIpc) is 2.46. The summed E-state index contributed by atoms with van der Waals surface area (Å²) >= 11 is 0. The van der Waals surface area contributed by atoms with Crippen LogP contribution in [0.1, 0.15) is 20.3 Å². The third kappa shape index (κ3) is 2.61. The van der Waals surface area contributed by atoms with Crippen LogP contribution in [0.15, 0.2) is 42.5 Å². The fourth-order valence-corrected chi connectivity index (χ4v) is 2.01. The molecule has 0 saturated carbocycles. The SMILES string of the molecule is CCC(C)(CN)C(=O)Nc1cccc2ccccc12. The quantitative estimate of drug-likeness (QED) is 0.883. The molecule has 0 spiro atoms. The molecular weight excluding hydrogens is 236 g/mol. The summed E-state index contributed by atoms with van der Waals surface area (Å²) in [6, 6.07) is 13.9. The zero-order valence-electron chi connectivity index (χ0n) is 11.4. The molecule has 19 heavy (non-hydrogen) atoms. The lowest BCUT2D eigenvalue weighted by Gasteiger charge is -2.25. The fourth-order valence-electron chi connectivity index (χ4n) is 2.01. The first-order valence-corrected chi connectivity index (χ1v) is 6.60. The number of nitrogens with two attached hydrogens (primary N) is 1. The van der Waals surface area contributed by atoms with E-state index in [-0.39, 0.29) is 5.91 Å². The molecular formula is C16H20N2O. The molecule has 3 nitrogen and oxygen atoms in total. The van der Waals surface area contributed by atoms with Crippen LogP contribution in [0.2, 0.25) is 0 Å². The minimum atomic E-state index is -0.517. The molecule has 2 aromatic carbocycles. The number of anilines is 1. The number of hydrogen-bond donors (Lipinski definition) is 2. The maximum atomic E-state index is 12.3. The topological polar surface area (TPSA) is 55.1 Å². The number of rotatable bonds is 4. The number of benzene rings is 2. The number of amides is 1. The summed E-state index contributed by atoms with van der Waals surface area (Å²) in [5.41, 5.74) is 6.05. The molecule has 0 aromatic heterocycles. The van der Waals surface area contributed by atoms with Gasteiger partial charge < -0.3 is 11.1 Å². The predicted molar refractivity (Wildman–Crippen MR) is 80.0 cm³/mol. The summed E-state index contributed by atoms with van der Waals surface area (Å²) in [7, 11) is 0. The number of carbonyl (C=O) groups is 1. The molecule has 0 bridgehead atoms. The normalized spacial score (nSPS) is 14.1. The average molecular weight is 256 g/mol. The van der Waals surface area contributed by atoms with E-state index in [4.69, 9.17) is 5.73 Å². The van der Waals surface area contributed by atoms with Gasteiger partial charge in [-0.25, -0.2) is 0 Å². The molecule has 2 aromatic rings. The summed E-state index contributed by atoms with van der Waals surface area (Å²) in [5, 5.41) is 5.18. The van der Waals surface area contributed by atoms with Gasteiger partial charge in [0.05, 0.1) is 5.41 Å². The van der Waals surface area contributed by atoms with E-state index in [0.717, 1.165) is 22.9 Å². The Balaban J connectivity index is 2.34. The van der Waals surface area contributed by atoms with Crippen molar-refractivity contribution < 1.29 is 4.79 Å². The van der Waals surface area contributed by atoms with Gasteiger partial charge in [-0.1, -0.05) is 43.3 Å². The molecule has 1 atom stereocenters. The van der Waals surface area contributed by atoms with Crippen molar-refractivity contribution in [1.82, 2.24) is 0 Å². The summed E-state index contributed by atoms with van der Waals surface area (Å²) in [6.45, 7) is 4.23. The van der Waals surface area contributed by atoms with Gasteiger partial charge in [-0.2, -0.15) is 0 Å². The van der Waals surface area contributed by atoms with Crippen molar-refractivity contribution in [2.45, 2.75) is 20.3 Å². The van der Waals surface area contributed by atoms with Gasteiger partial charge in [0.15, 0.2) is 0 Å². The highest BCUT2D eigenvalue weighted by molar-refractivity contribution is 6.03. The van der Waals surface area contributed by atoms with Crippen LogP contribution in [0.5, 0.6) is 0 Å². The van der Waals surface area contributed by atoms with Gasteiger partial charge >= 0.3 is 0 Å². The maximum absolute atomic E-state index is 12.3. The van der Waals surface area contributed by atoms with E-state index in [1.165, 1.54) is 0 Å². The first kappa shape index (κ1) is 13.6. The number of nitrogens with one attached hydrogen (secondary N) is 1. The highest BCUT2D eigenvalue weighted by atomic mass is 16.2. The smallest absolute Gasteiger partial charge is 0.231 e. The van der Waals surface area contributed by atoms with E-state index < -0.39 is 5.41 Å². The second-order valence-corrected chi connectivity index (χ2v) is 5.10. The number of fused-ring (bicyclic) bond motifs is 1. The largest absolute Gasteiger partial charge is 0.329 e. The monoisotopic (exact) mass is 256 g/mol. The molecule has 2 rings (SSSR count). The minimum Gasteiger partial charge on any atom is -0.329 e. The van der Waals surface area contributed by atoms with E-state index in [1.807, 2.05) is 56.3 Å². The molecule has 3 heteroatoms. The summed E-state index contributed by atoms with van der Waals surface area (Å²) in [5.74, 6) is -0.0196. The number of hydrogen-bond acceptors (Lipinski definition) is 2. The van der Waals surface area contributed by atoms with Crippen molar-refractivity contribution in [3.05, 3.63) is 42.5 Å². The Bertz CT molecular complexity index is 583. The second-order valence-electron chi connectivity index (χ2n) is 5.10. The van der Waals surface area contributed by atoms with Gasteiger partial charge in [0.1, 0.15) is 0 Å². The van der Waals surface area contributed by atoms with Crippen molar-refractivity contribution >= 4 is 22.4 Å². The Kier molecular flexibility index (Phi) is 3.86. The van der Waals surface area contributed by atoms with E-state index in [0.29, 0.717) is 6.54 Å². The van der Waals surface area contributed by atoms with Crippen LogP contribution in [-0.2, 0) is 4.79 Å². The van der Waals surface area contributed by atoms with Gasteiger partial charge in [0.2, 0.25) is 5.91 Å². The third-order valence-electron chi connectivity index (χ3n) is 3.82. The van der Waals surface area contributed by atoms with Crippen LogP contribution < -0.4 is 11.1 Å². The lowest BCUT2D eigenvalue weighted by atomic mass is 9.86. The molecule has 100 valence electrons. The van der Waals surface area contributed by atoms with Crippen molar-refractivity contribution in [2.75, 3.05) is 11.9 Å². The lowest BCUT2D eigenvalue weighted by Crippen LogP contribution is -2.39. The van der Waals surface area contributed by atoms with Gasteiger partial charge in [-0.15, -0.1) is 0 Å². The molecule has 0 aliphatic rings. The molecule has 1 unspecified atom stereocenters. The summed E-state index contributed by atoms with van der Waals surface area (Å²) < 4.78 is 0. The van der Waals surface area contributed by atoms with Crippen LogP contribution in [0.3, 0.4) is 0 Å². The summed E-state index contributed by atoms with van der Waals surface area (Å²) in [4.78, 5) is 12.3. The van der Waals surface area contributed by atoms with Gasteiger partial charge in [0, 0.05) is 17.6 Å². The number of carbonyl (C=O) groups excluding carboxylic acids is 1. The Hall–Kier alpha value is -1.87. The lowest BCUT2D eigenvalue weighted by molar-refractivity contribution is -0.124. The predicted octanol–water partition coefficient (Wildman–Crippen LogP) is 3.15. The highest BCUT2D eigenvalue weighted by Gasteiger charge is 2.29. The van der Waals surface area contributed by atoms with Gasteiger partial charge in [0.25, 0.3) is 0 Å². The van der Waals surface area contributed by atoms with Crippen LogP contribution in [0.4, 0.5) is 5.69 Å². The Morgan fingerprint density at radius 3 is 2.58 bits per heavy atom. The molecule has 0 aliphatic carbocycles. The first-order chi connectivity index (χ1) is 9.10. The zero-order chi connectivity index (χ0) is 13.9. The molecule has 0 saturated heterocycles. The highest BCUT2D eigenvalue weighted by Crippen LogP contribution is 2.26. The van der Waals surface area contributed by atoms with Gasteiger partial charge in [-0.05, 0) is 24.8 Å². The molecule has 3 N–H and O–H groups in total. The van der Waals surface area contributed by atoms with E-state index in [2.05, 4.69) is 5.32 Å². The second kappa shape index (κ2) is 5.41. The van der Waals surface area contributed by atoms with E-state index in [9.17, 15) is 4.79 Å². The van der Waals surface area contributed by atoms with Crippen LogP contribution in [0.25, 0.3) is 10.8 Å². The molecule has 1 amide bonds. The zero-order valence-corrected chi connectivity index (χ0v) is 11.4. The maximum Gasteiger partial charge on any atom is 0.231 e. The van der Waals surface area contributed by atoms with E-state index >= 15 is 0 Å². The van der Waals surface area contributed by atoms with Crippen LogP contribution in [-0.4, -0.2) is 12.5 Å². The van der Waals surface area contributed by atoms with Crippen molar-refractivity contribution in [3.63, 3.8) is 0 Å². The Labute approximate surface area is 113 Å². The van der Waals surface area contributed by atoms with Crippen molar-refractivity contribution in [1.29, 1.82) is 0 Å². The minimum absolute atomic E-state index is 0.0196. The van der Waals surface area contributed by atoms with Crippen LogP contribution in [0, 0.1) is 5.41 Å². The standard InChI is InChI=1S/C16H20N2O/c1-3-16(2,11-17)15(19)18-14-10-6-8-12-7-4-5-9-13(12)14/h4-10H,3,11,17H2,1-2H3,(H,18,19). The molecule has 0 radical (unpaired) electrons. The van der Waals surface area contributed by atoms with Crippen LogP contribution >= 0.6 is 0 Å². The molecule has 0 heterocycles. The van der Waals surface area contributed by atoms with Crippen molar-refractivity contribution in [3.8, 4) is 0 Å². The molecule has 0 fully saturated rings. The van der Waals surface area contributed by atoms with E-state index in [1.54, 1.807) is 0 Å². The first-order valence-electron chi connectivity index (χ1n) is 6.60. The molecule has 0 aliphatic heterocycles.